The summed E-state index contributed by atoms with van der Waals surface area (Å²) in [7, 11) is 0. The normalized spacial score (nSPS) is 19.1. The molecular weight excluding hydrogens is 146 g/mol. The van der Waals surface area contributed by atoms with Crippen molar-refractivity contribution in [3.05, 3.63) is 23.5 Å². The maximum absolute atomic E-state index is 10.4. The predicted octanol–water partition coefficient (Wildman–Crippen LogP) is 0.717. The highest BCUT2D eigenvalue weighted by molar-refractivity contribution is 6.11. The van der Waals surface area contributed by atoms with Crippen molar-refractivity contribution in [3.8, 4) is 0 Å². The summed E-state index contributed by atoms with van der Waals surface area (Å²) < 4.78 is 0. The average molecular weight is 149 g/mol. The molecule has 2 heterocycles. The molecule has 2 rings (SSSR count). The van der Waals surface area contributed by atoms with Gasteiger partial charge in [0.25, 0.3) is 0 Å². The number of fused-ring (bicyclic) bond motifs is 1. The van der Waals surface area contributed by atoms with Crippen LogP contribution >= 0.6 is 0 Å². The van der Waals surface area contributed by atoms with Crippen molar-refractivity contribution >= 4 is 11.8 Å². The molecule has 5 heteroatoms. The van der Waals surface area contributed by atoms with Gasteiger partial charge in [-0.1, -0.05) is 0 Å². The third-order valence-corrected chi connectivity index (χ3v) is 1.38. The van der Waals surface area contributed by atoms with Gasteiger partial charge in [-0.2, -0.15) is 0 Å². The van der Waals surface area contributed by atoms with Gasteiger partial charge in [-0.15, -0.1) is 10.2 Å². The Morgan fingerprint density at radius 1 is 1.45 bits per heavy atom. The number of hydrogen-bond acceptors (Lipinski definition) is 4. The predicted molar refractivity (Wildman–Crippen MR) is 36.1 cm³/mol. The molecule has 0 saturated heterocycles. The molecule has 0 amide bonds. The molecule has 0 atom stereocenters. The number of carboxylic acid groups (broad SMARTS) is 1. The minimum Gasteiger partial charge on any atom is -0.476 e. The fourth-order valence-corrected chi connectivity index (χ4v) is 0.900. The molecule has 11 heavy (non-hydrogen) atoms. The summed E-state index contributed by atoms with van der Waals surface area (Å²) in [6.07, 6.45) is 3.09. The average Bonchev–Trinajstić information content (AvgIpc) is 2.41. The van der Waals surface area contributed by atoms with Gasteiger partial charge in [-0.3, -0.25) is 0 Å². The highest BCUT2D eigenvalue weighted by Crippen LogP contribution is 2.22. The number of aliphatic carboxylic acids is 1. The Kier molecular flexibility index (Phi) is 1.00. The van der Waals surface area contributed by atoms with Crippen LogP contribution in [0, 0.1) is 0 Å². The number of hydrogen-bond donors (Lipinski definition) is 1. The Balaban J connectivity index is 2.55. The minimum absolute atomic E-state index is 0.0301. The van der Waals surface area contributed by atoms with Gasteiger partial charge in [0.2, 0.25) is 0 Å². The van der Waals surface area contributed by atoms with Crippen molar-refractivity contribution in [1.29, 1.82) is 0 Å². The van der Waals surface area contributed by atoms with E-state index in [1.54, 1.807) is 6.08 Å². The molecule has 0 spiro atoms. The minimum atomic E-state index is -1.07. The number of nitrogens with zero attached hydrogens (tertiary/aromatic N) is 3. The molecule has 5 nitrogen and oxygen atoms in total. The number of rotatable bonds is 1. The first-order valence-corrected chi connectivity index (χ1v) is 2.93. The van der Waals surface area contributed by atoms with Crippen molar-refractivity contribution in [2.24, 2.45) is 15.2 Å². The van der Waals surface area contributed by atoms with Crippen LogP contribution in [-0.2, 0) is 4.79 Å². The third-order valence-electron chi connectivity index (χ3n) is 1.38. The summed E-state index contributed by atoms with van der Waals surface area (Å²) in [4.78, 5) is 14.2. The topological polar surface area (TPSA) is 74.4 Å². The number of aliphatic imine (C=N–C) groups is 1. The SMILES string of the molecule is O=C(O)C1=C2C=CN=C2N=N1. The van der Waals surface area contributed by atoms with Gasteiger partial charge >= 0.3 is 5.97 Å². The van der Waals surface area contributed by atoms with Crippen LogP contribution < -0.4 is 0 Å². The maximum atomic E-state index is 10.4. The van der Waals surface area contributed by atoms with Gasteiger partial charge in [0.05, 0.1) is 5.57 Å². The highest BCUT2D eigenvalue weighted by Gasteiger charge is 2.24. The molecule has 0 unspecified atom stereocenters. The Morgan fingerprint density at radius 2 is 2.27 bits per heavy atom. The lowest BCUT2D eigenvalue weighted by Gasteiger charge is -1.87. The second-order valence-electron chi connectivity index (χ2n) is 2.04. The quantitative estimate of drug-likeness (QED) is 0.596. The van der Waals surface area contributed by atoms with Crippen LogP contribution in [0.1, 0.15) is 0 Å². The fraction of sp³-hybridized carbons (Fsp3) is 0. The van der Waals surface area contributed by atoms with E-state index in [1.807, 2.05) is 0 Å². The van der Waals surface area contributed by atoms with Crippen molar-refractivity contribution in [2.75, 3.05) is 0 Å². The molecule has 0 fully saturated rings. The highest BCUT2D eigenvalue weighted by atomic mass is 16.4. The lowest BCUT2D eigenvalue weighted by atomic mass is 10.2. The summed E-state index contributed by atoms with van der Waals surface area (Å²) >= 11 is 0. The zero-order valence-electron chi connectivity index (χ0n) is 5.35. The standard InChI is InChI=1S/C6H3N3O2/c10-6(11)4-3-1-2-7-5(3)9-8-4/h1-2H,(H,10,11). The van der Waals surface area contributed by atoms with Crippen molar-refractivity contribution < 1.29 is 9.90 Å². The Bertz CT molecular complexity index is 349. The van der Waals surface area contributed by atoms with Crippen LogP contribution in [0.4, 0.5) is 0 Å². The molecule has 0 aliphatic carbocycles. The second kappa shape index (κ2) is 1.85. The molecule has 0 aromatic carbocycles. The molecule has 0 saturated carbocycles. The van der Waals surface area contributed by atoms with E-state index in [1.165, 1.54) is 6.20 Å². The van der Waals surface area contributed by atoms with Gasteiger partial charge in [0, 0.05) is 6.20 Å². The first-order valence-electron chi connectivity index (χ1n) is 2.93. The zero-order valence-corrected chi connectivity index (χ0v) is 5.35. The monoisotopic (exact) mass is 149 g/mol. The summed E-state index contributed by atoms with van der Waals surface area (Å²) in [5, 5.41) is 15.6. The summed E-state index contributed by atoms with van der Waals surface area (Å²) in [6.45, 7) is 0. The molecule has 0 radical (unpaired) electrons. The fourth-order valence-electron chi connectivity index (χ4n) is 0.900. The Hall–Kier alpha value is -1.78. The van der Waals surface area contributed by atoms with Crippen LogP contribution in [0.2, 0.25) is 0 Å². The van der Waals surface area contributed by atoms with Gasteiger partial charge in [0.15, 0.2) is 11.5 Å². The van der Waals surface area contributed by atoms with E-state index in [-0.39, 0.29) is 5.70 Å². The van der Waals surface area contributed by atoms with E-state index in [4.69, 9.17) is 5.11 Å². The molecular formula is C6H3N3O2. The summed E-state index contributed by atoms with van der Waals surface area (Å²) in [6, 6.07) is 0. The zero-order chi connectivity index (χ0) is 7.84. The van der Waals surface area contributed by atoms with Crippen LogP contribution in [0.5, 0.6) is 0 Å². The van der Waals surface area contributed by atoms with Crippen LogP contribution in [0.25, 0.3) is 0 Å². The van der Waals surface area contributed by atoms with Gasteiger partial charge in [-0.25, -0.2) is 9.79 Å². The van der Waals surface area contributed by atoms with Crippen LogP contribution in [0.3, 0.4) is 0 Å². The van der Waals surface area contributed by atoms with Gasteiger partial charge < -0.3 is 5.11 Å². The summed E-state index contributed by atoms with van der Waals surface area (Å²) in [5.41, 5.74) is 0.468. The third kappa shape index (κ3) is 0.706. The lowest BCUT2D eigenvalue weighted by Crippen LogP contribution is -1.99. The molecule has 0 bridgehead atoms. The van der Waals surface area contributed by atoms with Gasteiger partial charge in [0.1, 0.15) is 0 Å². The first kappa shape index (κ1) is 5.96. The van der Waals surface area contributed by atoms with Crippen molar-refractivity contribution in [1.82, 2.24) is 0 Å². The number of azo groups is 1. The molecule has 1 N–H and O–H groups in total. The number of amidine groups is 1. The van der Waals surface area contributed by atoms with E-state index in [0.717, 1.165) is 0 Å². The maximum Gasteiger partial charge on any atom is 0.357 e. The number of carbonyl (C=O) groups is 1. The molecule has 2 aliphatic rings. The molecule has 0 aromatic rings. The molecule has 0 aromatic heterocycles. The van der Waals surface area contributed by atoms with E-state index < -0.39 is 5.97 Å². The van der Waals surface area contributed by atoms with Gasteiger partial charge in [-0.05, 0) is 6.08 Å². The summed E-state index contributed by atoms with van der Waals surface area (Å²) in [5.74, 6) is -0.678. The lowest BCUT2D eigenvalue weighted by molar-refractivity contribution is -0.132. The van der Waals surface area contributed by atoms with Crippen molar-refractivity contribution in [2.45, 2.75) is 0 Å². The van der Waals surface area contributed by atoms with E-state index >= 15 is 0 Å². The Morgan fingerprint density at radius 3 is 3.00 bits per heavy atom. The second-order valence-corrected chi connectivity index (χ2v) is 2.04. The van der Waals surface area contributed by atoms with E-state index in [0.29, 0.717) is 11.4 Å². The molecule has 2 aliphatic heterocycles. The van der Waals surface area contributed by atoms with E-state index in [9.17, 15) is 4.79 Å². The number of carboxylic acids is 1. The Labute approximate surface area is 61.5 Å². The van der Waals surface area contributed by atoms with Crippen molar-refractivity contribution in [3.63, 3.8) is 0 Å². The first-order chi connectivity index (χ1) is 5.29. The largest absolute Gasteiger partial charge is 0.476 e. The van der Waals surface area contributed by atoms with Crippen LogP contribution in [0.15, 0.2) is 38.8 Å². The van der Waals surface area contributed by atoms with Crippen LogP contribution in [-0.4, -0.2) is 16.9 Å². The van der Waals surface area contributed by atoms with E-state index in [2.05, 4.69) is 15.2 Å². The molecule has 54 valence electrons. The smallest absolute Gasteiger partial charge is 0.357 e.